The maximum Gasteiger partial charge on any atom is 0.231 e. The molecule has 0 amide bonds. The summed E-state index contributed by atoms with van der Waals surface area (Å²) in [7, 11) is 0. The Kier molecular flexibility index (Phi) is 3.98. The van der Waals surface area contributed by atoms with E-state index in [0.29, 0.717) is 30.7 Å². The number of nitrogens with zero attached hydrogens (tertiary/aromatic N) is 4. The minimum absolute atomic E-state index is 0.0690. The lowest BCUT2D eigenvalue weighted by atomic mass is 9.40. The molecular weight excluding hydrogens is 378 g/mol. The van der Waals surface area contributed by atoms with E-state index < -0.39 is 0 Å². The van der Waals surface area contributed by atoms with Gasteiger partial charge in [0.1, 0.15) is 5.75 Å². The lowest BCUT2D eigenvalue weighted by Crippen LogP contribution is -2.70. The number of aryl methyl sites for hydroxylation is 2. The quantitative estimate of drug-likeness (QED) is 0.751. The van der Waals surface area contributed by atoms with Crippen LogP contribution in [0, 0.1) is 41.9 Å². The summed E-state index contributed by atoms with van der Waals surface area (Å²) in [6, 6.07) is 8.40. The van der Waals surface area contributed by atoms with Gasteiger partial charge in [-0.2, -0.15) is 20.5 Å². The summed E-state index contributed by atoms with van der Waals surface area (Å²) in [5, 5.41) is 21.4. The standard InChI is InChI=1S/C23H21N5O2/c1-14-8-16(4-3-6-24)9-15(2)18(14)30-20-17-5-7-29-19(17)26-21(27-20)28-23-10-22(11-23,12-23)13-25/h3-4,8-9H,5,7,10-12H2,1-2H3,(H,26,27,28)/b4-3+. The molecule has 150 valence electrons. The van der Waals surface area contributed by atoms with E-state index in [1.807, 2.05) is 32.0 Å². The number of benzene rings is 1. The molecule has 0 saturated heterocycles. The van der Waals surface area contributed by atoms with Crippen LogP contribution in [0.2, 0.25) is 0 Å². The Bertz CT molecular complexity index is 1130. The molecule has 2 bridgehead atoms. The van der Waals surface area contributed by atoms with Gasteiger partial charge in [0.25, 0.3) is 0 Å². The van der Waals surface area contributed by atoms with E-state index in [4.69, 9.17) is 14.7 Å². The fourth-order valence-electron chi connectivity index (χ4n) is 4.91. The van der Waals surface area contributed by atoms with E-state index in [-0.39, 0.29) is 11.0 Å². The number of anilines is 1. The summed E-state index contributed by atoms with van der Waals surface area (Å²) in [5.74, 6) is 2.30. The van der Waals surface area contributed by atoms with Crippen molar-refractivity contribution in [3.63, 3.8) is 0 Å². The van der Waals surface area contributed by atoms with Crippen LogP contribution in [0.3, 0.4) is 0 Å². The number of nitrogens with one attached hydrogen (secondary N) is 1. The van der Waals surface area contributed by atoms with Crippen LogP contribution in [0.1, 0.15) is 41.5 Å². The van der Waals surface area contributed by atoms with Crippen LogP contribution in [0.15, 0.2) is 18.2 Å². The molecule has 3 aliphatic carbocycles. The van der Waals surface area contributed by atoms with Gasteiger partial charge in [-0.3, -0.25) is 0 Å². The van der Waals surface area contributed by atoms with Crippen LogP contribution >= 0.6 is 0 Å². The number of hydrogen-bond donors (Lipinski definition) is 1. The highest BCUT2D eigenvalue weighted by Gasteiger charge is 2.69. The zero-order chi connectivity index (χ0) is 20.9. The van der Waals surface area contributed by atoms with Crippen molar-refractivity contribution in [3.8, 4) is 29.6 Å². The van der Waals surface area contributed by atoms with Crippen molar-refractivity contribution >= 4 is 12.0 Å². The smallest absolute Gasteiger partial charge is 0.231 e. The first-order valence-corrected chi connectivity index (χ1v) is 10.0. The number of nitriles is 2. The predicted octanol–water partition coefficient (Wildman–Crippen LogP) is 4.22. The van der Waals surface area contributed by atoms with Crippen molar-refractivity contribution in [1.29, 1.82) is 10.5 Å². The van der Waals surface area contributed by atoms with Crippen LogP contribution in [-0.4, -0.2) is 22.1 Å². The van der Waals surface area contributed by atoms with Crippen LogP contribution in [0.5, 0.6) is 17.5 Å². The third-order valence-corrected chi connectivity index (χ3v) is 6.20. The zero-order valence-corrected chi connectivity index (χ0v) is 17.0. The van der Waals surface area contributed by atoms with Crippen molar-refractivity contribution in [2.24, 2.45) is 5.41 Å². The lowest BCUT2D eigenvalue weighted by Gasteiger charge is -2.66. The van der Waals surface area contributed by atoms with E-state index in [1.165, 1.54) is 6.08 Å². The molecule has 2 heterocycles. The van der Waals surface area contributed by atoms with Crippen LogP contribution < -0.4 is 14.8 Å². The van der Waals surface area contributed by atoms with Gasteiger partial charge in [0.05, 0.1) is 29.7 Å². The molecular formula is C23H21N5O2. The maximum atomic E-state index is 9.25. The van der Waals surface area contributed by atoms with Crippen molar-refractivity contribution in [3.05, 3.63) is 40.5 Å². The monoisotopic (exact) mass is 399 g/mol. The molecule has 1 aromatic carbocycles. The first-order valence-electron chi connectivity index (χ1n) is 10.0. The SMILES string of the molecule is Cc1cc(/C=C/C#N)cc(C)c1Oc1nc(NC23CC(C#N)(C2)C3)nc2c1CCO2. The van der Waals surface area contributed by atoms with Gasteiger partial charge in [0.2, 0.25) is 17.7 Å². The second kappa shape index (κ2) is 6.47. The first kappa shape index (κ1) is 18.4. The number of allylic oxidation sites excluding steroid dienone is 1. The number of rotatable bonds is 5. The molecule has 0 atom stereocenters. The van der Waals surface area contributed by atoms with Crippen LogP contribution in [0.4, 0.5) is 5.95 Å². The minimum atomic E-state index is -0.143. The second-order valence-corrected chi connectivity index (χ2v) is 8.61. The summed E-state index contributed by atoms with van der Waals surface area (Å²) in [6.45, 7) is 4.51. The zero-order valence-electron chi connectivity index (χ0n) is 17.0. The Balaban J connectivity index is 1.44. The molecule has 3 fully saturated rings. The number of ether oxygens (including phenoxy) is 2. The molecule has 0 unspecified atom stereocenters. The first-order chi connectivity index (χ1) is 14.4. The summed E-state index contributed by atoms with van der Waals surface area (Å²) in [6.07, 6.45) is 6.45. The highest BCUT2D eigenvalue weighted by Crippen LogP contribution is 2.67. The lowest BCUT2D eigenvalue weighted by molar-refractivity contribution is -0.0665. The van der Waals surface area contributed by atoms with Crippen molar-refractivity contribution in [1.82, 2.24) is 9.97 Å². The normalized spacial score (nSPS) is 25.3. The van der Waals surface area contributed by atoms with E-state index >= 15 is 0 Å². The van der Waals surface area contributed by atoms with Gasteiger partial charge in [-0.15, -0.1) is 0 Å². The largest absolute Gasteiger partial charge is 0.477 e. The van der Waals surface area contributed by atoms with E-state index in [9.17, 15) is 5.26 Å². The third kappa shape index (κ3) is 2.86. The Hall–Kier alpha value is -3.58. The summed E-state index contributed by atoms with van der Waals surface area (Å²) < 4.78 is 12.0. The van der Waals surface area contributed by atoms with Crippen molar-refractivity contribution in [2.75, 3.05) is 11.9 Å². The van der Waals surface area contributed by atoms with Crippen LogP contribution in [0.25, 0.3) is 6.08 Å². The van der Waals surface area contributed by atoms with Crippen molar-refractivity contribution < 1.29 is 9.47 Å². The number of hydrogen-bond acceptors (Lipinski definition) is 7. The fourth-order valence-corrected chi connectivity index (χ4v) is 4.91. The summed E-state index contributed by atoms with van der Waals surface area (Å²) >= 11 is 0. The third-order valence-electron chi connectivity index (χ3n) is 6.20. The van der Waals surface area contributed by atoms with Gasteiger partial charge >= 0.3 is 0 Å². The summed E-state index contributed by atoms with van der Waals surface area (Å²) in [5.41, 5.74) is 3.54. The molecule has 7 heteroatoms. The molecule has 7 nitrogen and oxygen atoms in total. The average molecular weight is 399 g/mol. The molecule has 2 aromatic rings. The predicted molar refractivity (Wildman–Crippen MR) is 110 cm³/mol. The van der Waals surface area contributed by atoms with Gasteiger partial charge in [-0.25, -0.2) is 0 Å². The molecule has 1 aliphatic heterocycles. The number of aromatic nitrogens is 2. The molecule has 0 spiro atoms. The molecule has 4 aliphatic rings. The molecule has 30 heavy (non-hydrogen) atoms. The van der Waals surface area contributed by atoms with Crippen molar-refractivity contribution in [2.45, 2.75) is 45.1 Å². The van der Waals surface area contributed by atoms with Gasteiger partial charge in [0, 0.05) is 18.0 Å². The molecule has 0 radical (unpaired) electrons. The molecule has 1 N–H and O–H groups in total. The Labute approximate surface area is 175 Å². The van der Waals surface area contributed by atoms with E-state index in [0.717, 1.165) is 47.3 Å². The highest BCUT2D eigenvalue weighted by atomic mass is 16.5. The minimum Gasteiger partial charge on any atom is -0.477 e. The number of fused-ring (bicyclic) bond motifs is 1. The second-order valence-electron chi connectivity index (χ2n) is 8.61. The molecule has 1 aromatic heterocycles. The van der Waals surface area contributed by atoms with Gasteiger partial charge < -0.3 is 14.8 Å². The summed E-state index contributed by atoms with van der Waals surface area (Å²) in [4.78, 5) is 9.21. The Morgan fingerprint density at radius 3 is 2.57 bits per heavy atom. The maximum absolute atomic E-state index is 9.25. The van der Waals surface area contributed by atoms with E-state index in [1.54, 1.807) is 6.08 Å². The van der Waals surface area contributed by atoms with Gasteiger partial charge in [0.15, 0.2) is 0 Å². The van der Waals surface area contributed by atoms with E-state index in [2.05, 4.69) is 21.4 Å². The Morgan fingerprint density at radius 2 is 1.90 bits per heavy atom. The van der Waals surface area contributed by atoms with Gasteiger partial charge in [-0.05, 0) is 68.0 Å². The molecule has 6 rings (SSSR count). The van der Waals surface area contributed by atoms with Crippen LogP contribution in [-0.2, 0) is 6.42 Å². The topological polar surface area (TPSA) is 104 Å². The fraction of sp³-hybridized carbons (Fsp3) is 0.391. The van der Waals surface area contributed by atoms with Gasteiger partial charge in [-0.1, -0.05) is 0 Å². The molecule has 3 saturated carbocycles. The highest BCUT2D eigenvalue weighted by molar-refractivity contribution is 5.58. The Morgan fingerprint density at radius 1 is 1.17 bits per heavy atom. The average Bonchev–Trinajstić information content (AvgIpc) is 3.13.